The molecule has 0 bridgehead atoms. The van der Waals surface area contributed by atoms with Gasteiger partial charge in [-0.3, -0.25) is 19.8 Å². The summed E-state index contributed by atoms with van der Waals surface area (Å²) in [6, 6.07) is 0.952. The van der Waals surface area contributed by atoms with E-state index in [0.717, 1.165) is 0 Å². The van der Waals surface area contributed by atoms with Crippen LogP contribution in [0.25, 0.3) is 0 Å². The Bertz CT molecular complexity index is 769. The summed E-state index contributed by atoms with van der Waals surface area (Å²) in [5.74, 6) is -0.794. The van der Waals surface area contributed by atoms with Gasteiger partial charge in [0.2, 0.25) is 11.8 Å². The largest absolute Gasteiger partial charge is 0.352 e. The lowest BCUT2D eigenvalue weighted by molar-refractivity contribution is -0.525. The summed E-state index contributed by atoms with van der Waals surface area (Å²) < 4.78 is 0. The summed E-state index contributed by atoms with van der Waals surface area (Å²) in [5.41, 5.74) is 2.32. The number of carbonyl (C=O) groups excluding carboxylic acids is 3. The van der Waals surface area contributed by atoms with Crippen LogP contribution < -0.4 is 21.4 Å². The monoisotopic (exact) mass is 467 g/mol. The molecular weight excluding hydrogens is 436 g/mol. The number of rotatable bonds is 15. The van der Waals surface area contributed by atoms with Gasteiger partial charge in [-0.1, -0.05) is 19.3 Å². The number of ketones is 1. The van der Waals surface area contributed by atoms with Gasteiger partial charge in [-0.15, -0.1) is 0 Å². The zero-order chi connectivity index (χ0) is 23.9. The molecule has 0 unspecified atom stereocenters. The van der Waals surface area contributed by atoms with Crippen molar-refractivity contribution in [1.29, 1.82) is 5.41 Å². The van der Waals surface area contributed by atoms with Crippen LogP contribution in [0.15, 0.2) is 16.8 Å². The molecule has 0 aliphatic carbocycles. The number of nitro groups is 1. The number of carbonyl (C=O) groups is 3. The fraction of sp³-hybridized carbons (Fsp3) is 0.550. The van der Waals surface area contributed by atoms with Crippen LogP contribution in [0.4, 0.5) is 0 Å². The first-order valence-electron chi connectivity index (χ1n) is 10.4. The molecule has 0 fully saturated rings. The maximum absolute atomic E-state index is 12.5. The molecule has 12 heteroatoms. The van der Waals surface area contributed by atoms with Crippen LogP contribution in [0.5, 0.6) is 0 Å². The Kier molecular flexibility index (Phi) is 12.6. The quantitative estimate of drug-likeness (QED) is 0.0656. The average molecular weight is 468 g/mol. The van der Waals surface area contributed by atoms with Crippen molar-refractivity contribution in [1.82, 2.24) is 21.4 Å². The van der Waals surface area contributed by atoms with Crippen LogP contribution in [-0.4, -0.2) is 41.2 Å². The van der Waals surface area contributed by atoms with Crippen LogP contribution in [0.3, 0.4) is 0 Å². The number of amides is 2. The minimum atomic E-state index is -0.848. The van der Waals surface area contributed by atoms with Crippen LogP contribution >= 0.6 is 11.3 Å². The summed E-state index contributed by atoms with van der Waals surface area (Å²) in [6.45, 7) is 5.89. The van der Waals surface area contributed by atoms with Gasteiger partial charge in [-0.25, -0.2) is 10.1 Å². The molecule has 0 spiro atoms. The first-order valence-corrected chi connectivity index (χ1v) is 11.3. The van der Waals surface area contributed by atoms with Gasteiger partial charge in [-0.05, 0) is 43.0 Å². The van der Waals surface area contributed by atoms with Gasteiger partial charge in [0.25, 0.3) is 5.96 Å². The smallest absolute Gasteiger partial charge is 0.251 e. The van der Waals surface area contributed by atoms with Gasteiger partial charge < -0.3 is 16.0 Å². The van der Waals surface area contributed by atoms with Crippen LogP contribution in [0.1, 0.15) is 62.7 Å². The lowest BCUT2D eigenvalue weighted by Crippen LogP contribution is -2.46. The molecule has 11 nitrogen and oxygen atoms in total. The third-order valence-electron chi connectivity index (χ3n) is 4.31. The summed E-state index contributed by atoms with van der Waals surface area (Å²) in [7, 11) is 0. The van der Waals surface area contributed by atoms with Gasteiger partial charge in [0.15, 0.2) is 10.8 Å². The molecule has 0 aromatic carbocycles. The second-order valence-corrected chi connectivity index (χ2v) is 8.34. The van der Waals surface area contributed by atoms with Gasteiger partial charge >= 0.3 is 0 Å². The van der Waals surface area contributed by atoms with E-state index in [1.54, 1.807) is 23.4 Å². The fourth-order valence-corrected chi connectivity index (χ4v) is 3.32. The predicted molar refractivity (Wildman–Crippen MR) is 121 cm³/mol. The molecule has 0 aliphatic rings. The number of hydrogen-bond acceptors (Lipinski definition) is 7. The van der Waals surface area contributed by atoms with Crippen molar-refractivity contribution >= 4 is 34.9 Å². The highest BCUT2D eigenvalue weighted by atomic mass is 32.1. The predicted octanol–water partition coefficient (Wildman–Crippen LogP) is 2.00. The van der Waals surface area contributed by atoms with E-state index in [1.807, 2.05) is 19.2 Å². The van der Waals surface area contributed by atoms with E-state index < -0.39 is 17.0 Å². The first-order chi connectivity index (χ1) is 15.2. The maximum atomic E-state index is 12.5. The van der Waals surface area contributed by atoms with Gasteiger partial charge in [-0.2, -0.15) is 11.3 Å². The van der Waals surface area contributed by atoms with Gasteiger partial charge in [0.05, 0.1) is 0 Å². The fourth-order valence-electron chi connectivity index (χ4n) is 2.66. The topological polar surface area (TPSA) is 166 Å². The molecule has 5 N–H and O–H groups in total. The number of hydrazine groups is 1. The summed E-state index contributed by atoms with van der Waals surface area (Å²) in [6.07, 6.45) is 2.09. The summed E-state index contributed by atoms with van der Waals surface area (Å²) in [5, 5.41) is 28.3. The average Bonchev–Trinajstić information content (AvgIpc) is 3.24. The summed E-state index contributed by atoms with van der Waals surface area (Å²) in [4.78, 5) is 47.1. The second kappa shape index (κ2) is 14.9. The maximum Gasteiger partial charge on any atom is 0.251 e. The SMILES string of the molecule is CC(C)C[CH]NC(=O)[C@H](CCCNC(=N)N[N+](=O)[O-])NC(=O)CCCC(=O)c1ccsc1. The minimum Gasteiger partial charge on any atom is -0.352 e. The lowest BCUT2D eigenvalue weighted by Gasteiger charge is -2.19. The third kappa shape index (κ3) is 12.0. The van der Waals surface area contributed by atoms with E-state index in [2.05, 4.69) is 16.0 Å². The van der Waals surface area contributed by atoms with Crippen molar-refractivity contribution in [3.63, 3.8) is 0 Å². The third-order valence-corrected chi connectivity index (χ3v) is 4.99. The van der Waals surface area contributed by atoms with Crippen LogP contribution in [0, 0.1) is 28.0 Å². The molecule has 1 heterocycles. The van der Waals surface area contributed by atoms with Gasteiger partial charge in [0.1, 0.15) is 6.04 Å². The first kappa shape index (κ1) is 27.0. The van der Waals surface area contributed by atoms with Crippen LogP contribution in [0.2, 0.25) is 0 Å². The number of Topliss-reactive ketones (excluding diaryl/α,β-unsaturated/α-hetero) is 1. The van der Waals surface area contributed by atoms with Crippen molar-refractivity contribution in [2.75, 3.05) is 6.54 Å². The molecule has 1 rings (SSSR count). The molecule has 1 aromatic heterocycles. The van der Waals surface area contributed by atoms with E-state index in [9.17, 15) is 24.5 Å². The molecule has 177 valence electrons. The molecule has 0 saturated heterocycles. The lowest BCUT2D eigenvalue weighted by atomic mass is 10.1. The highest BCUT2D eigenvalue weighted by molar-refractivity contribution is 7.08. The van der Waals surface area contributed by atoms with Crippen molar-refractivity contribution in [2.24, 2.45) is 5.92 Å². The van der Waals surface area contributed by atoms with E-state index in [4.69, 9.17) is 5.41 Å². The molecule has 1 atom stereocenters. The molecular formula is C20H31N6O5S. The minimum absolute atomic E-state index is 0.0199. The zero-order valence-electron chi connectivity index (χ0n) is 18.3. The Labute approximate surface area is 191 Å². The molecule has 2 amide bonds. The van der Waals surface area contributed by atoms with E-state index in [-0.39, 0.29) is 43.4 Å². The second-order valence-electron chi connectivity index (χ2n) is 7.56. The highest BCUT2D eigenvalue weighted by Crippen LogP contribution is 2.11. The van der Waals surface area contributed by atoms with Crippen molar-refractivity contribution in [3.8, 4) is 0 Å². The van der Waals surface area contributed by atoms with E-state index in [0.29, 0.717) is 30.7 Å². The Hall–Kier alpha value is -3.02. The molecule has 1 radical (unpaired) electrons. The number of nitrogens with one attached hydrogen (secondary N) is 5. The molecule has 0 aliphatic heterocycles. The Balaban J connectivity index is 2.48. The van der Waals surface area contributed by atoms with Crippen molar-refractivity contribution in [2.45, 2.75) is 58.4 Å². The molecule has 0 saturated carbocycles. The number of guanidine groups is 1. The Morgan fingerprint density at radius 3 is 2.62 bits per heavy atom. The van der Waals surface area contributed by atoms with E-state index in [1.165, 1.54) is 11.3 Å². The van der Waals surface area contributed by atoms with Crippen molar-refractivity contribution < 1.29 is 19.4 Å². The zero-order valence-corrected chi connectivity index (χ0v) is 19.1. The number of hydrogen-bond donors (Lipinski definition) is 5. The number of thiophene rings is 1. The van der Waals surface area contributed by atoms with Crippen molar-refractivity contribution in [3.05, 3.63) is 39.0 Å². The van der Waals surface area contributed by atoms with Gasteiger partial charge in [0, 0.05) is 36.9 Å². The standard InChI is InChI=1S/C20H31N6O5S/c1-14(2)8-11-22-19(29)16(5-4-10-23-20(21)25-26(30)31)24-18(28)7-3-6-17(27)15-9-12-32-13-15/h9,11-14,16H,3-8,10H2,1-2H3,(H,22,29)(H,24,28)(H3,21,23,25)/t16-/m0/s1. The number of nitrogens with zero attached hydrogens (tertiary/aromatic N) is 1. The summed E-state index contributed by atoms with van der Waals surface area (Å²) >= 11 is 1.44. The molecule has 32 heavy (non-hydrogen) atoms. The van der Waals surface area contributed by atoms with Crippen LogP contribution in [-0.2, 0) is 9.59 Å². The Morgan fingerprint density at radius 1 is 1.25 bits per heavy atom. The Morgan fingerprint density at radius 2 is 2.00 bits per heavy atom. The normalized spacial score (nSPS) is 11.5. The highest BCUT2D eigenvalue weighted by Gasteiger charge is 2.20. The molecule has 1 aromatic rings. The van der Waals surface area contributed by atoms with E-state index >= 15 is 0 Å².